The summed E-state index contributed by atoms with van der Waals surface area (Å²) in [4.78, 5) is 45.2. The summed E-state index contributed by atoms with van der Waals surface area (Å²) in [6.07, 6.45) is 3.98. The molecule has 2 fully saturated rings. The third kappa shape index (κ3) is 3.23. The van der Waals surface area contributed by atoms with Crippen LogP contribution < -0.4 is 9.80 Å². The number of amides is 2. The number of anilines is 2. The van der Waals surface area contributed by atoms with E-state index in [1.807, 2.05) is 85.5 Å². The van der Waals surface area contributed by atoms with Gasteiger partial charge in [0.2, 0.25) is 11.8 Å². The maximum Gasteiger partial charge on any atom is 0.240 e. The summed E-state index contributed by atoms with van der Waals surface area (Å²) in [6, 6.07) is 19.6. The van der Waals surface area contributed by atoms with Crippen LogP contribution in [0.1, 0.15) is 27.0 Å². The van der Waals surface area contributed by atoms with Gasteiger partial charge in [-0.3, -0.25) is 14.4 Å². The van der Waals surface area contributed by atoms with Gasteiger partial charge in [0.05, 0.1) is 23.6 Å². The van der Waals surface area contributed by atoms with Crippen molar-refractivity contribution in [2.75, 3.05) is 9.80 Å². The minimum absolute atomic E-state index is 0.149. The molecule has 4 atom stereocenters. The number of carbonyl (C=O) groups excluding carboxylic acids is 3. The van der Waals surface area contributed by atoms with E-state index in [-0.39, 0.29) is 23.6 Å². The number of Topliss-reactive ketones (excluding diaryl/α,β-unsaturated/α-hetero) is 1. The van der Waals surface area contributed by atoms with Crippen LogP contribution in [0.25, 0.3) is 6.08 Å². The van der Waals surface area contributed by atoms with E-state index in [1.165, 1.54) is 4.90 Å². The van der Waals surface area contributed by atoms with Crippen LogP contribution in [0.15, 0.2) is 77.3 Å². The topological polar surface area (TPSA) is 57.7 Å². The highest BCUT2D eigenvalue weighted by Crippen LogP contribution is 2.50. The third-order valence-corrected chi connectivity index (χ3v) is 7.93. The van der Waals surface area contributed by atoms with E-state index in [9.17, 15) is 14.4 Å². The summed E-state index contributed by atoms with van der Waals surface area (Å²) in [6.45, 7) is 3.89. The molecule has 0 saturated carbocycles. The number of nitrogens with zero attached hydrogens (tertiary/aromatic N) is 2. The highest BCUT2D eigenvalue weighted by molar-refractivity contribution is 9.10. The molecule has 0 radical (unpaired) electrons. The van der Waals surface area contributed by atoms with Crippen LogP contribution in [0.4, 0.5) is 11.4 Å². The van der Waals surface area contributed by atoms with Gasteiger partial charge in [-0.05, 0) is 49.2 Å². The highest BCUT2D eigenvalue weighted by atomic mass is 79.9. The van der Waals surface area contributed by atoms with Crippen LogP contribution in [-0.4, -0.2) is 29.7 Å². The number of hydrogen-bond acceptors (Lipinski definition) is 4. The molecule has 35 heavy (non-hydrogen) atoms. The van der Waals surface area contributed by atoms with Gasteiger partial charge < -0.3 is 4.90 Å². The number of ketones is 1. The molecule has 0 aromatic heterocycles. The molecule has 3 heterocycles. The Bertz CT molecular complexity index is 1430. The van der Waals surface area contributed by atoms with Crippen LogP contribution in [0.2, 0.25) is 0 Å². The number of imide groups is 1. The van der Waals surface area contributed by atoms with E-state index in [0.29, 0.717) is 11.3 Å². The van der Waals surface area contributed by atoms with Gasteiger partial charge in [-0.15, -0.1) is 0 Å². The van der Waals surface area contributed by atoms with Crippen molar-refractivity contribution in [2.45, 2.75) is 25.9 Å². The summed E-state index contributed by atoms with van der Waals surface area (Å²) in [5, 5.41) is 0. The second kappa shape index (κ2) is 8.02. The highest BCUT2D eigenvalue weighted by Gasteiger charge is 2.64. The molecule has 0 aliphatic carbocycles. The SMILES string of the molecule is Cc1ccc(N2C(=O)C3C(C2=O)C(C(=O)c2ccc(Br)cc2)N2c4ccccc4C=CC32)c(C)c1. The Balaban J connectivity index is 1.50. The lowest BCUT2D eigenvalue weighted by Crippen LogP contribution is -2.49. The lowest BCUT2D eigenvalue weighted by atomic mass is 9.86. The van der Waals surface area contributed by atoms with Crippen molar-refractivity contribution in [2.24, 2.45) is 11.8 Å². The number of carbonyl (C=O) groups is 3. The monoisotopic (exact) mass is 526 g/mol. The standard InChI is InChI=1S/C29H23BrN2O3/c1-16-7-13-21(17(2)15-16)32-28(34)24-23-14-10-18-5-3-4-6-22(18)31(23)26(25(24)29(32)35)27(33)19-8-11-20(30)12-9-19/h3-15,23-26H,1-2H3. The molecule has 0 spiro atoms. The number of rotatable bonds is 3. The molecule has 6 heteroatoms. The summed E-state index contributed by atoms with van der Waals surface area (Å²) >= 11 is 3.43. The Morgan fingerprint density at radius 2 is 1.57 bits per heavy atom. The van der Waals surface area contributed by atoms with Crippen LogP contribution >= 0.6 is 15.9 Å². The number of hydrogen-bond donors (Lipinski definition) is 0. The Kier molecular flexibility index (Phi) is 5.04. The fourth-order valence-corrected chi connectivity index (χ4v) is 6.16. The zero-order chi connectivity index (χ0) is 24.4. The molecule has 174 valence electrons. The molecule has 3 aliphatic rings. The van der Waals surface area contributed by atoms with Crippen molar-refractivity contribution < 1.29 is 14.4 Å². The zero-order valence-corrected chi connectivity index (χ0v) is 20.9. The third-order valence-electron chi connectivity index (χ3n) is 7.41. The molecular weight excluding hydrogens is 504 g/mol. The van der Waals surface area contributed by atoms with E-state index in [0.717, 1.165) is 26.9 Å². The maximum absolute atomic E-state index is 14.0. The van der Waals surface area contributed by atoms with Gasteiger partial charge in [-0.1, -0.05) is 76.1 Å². The predicted molar refractivity (Wildman–Crippen MR) is 139 cm³/mol. The molecule has 4 unspecified atom stereocenters. The lowest BCUT2D eigenvalue weighted by Gasteiger charge is -2.36. The largest absolute Gasteiger partial charge is 0.352 e. The average molecular weight is 527 g/mol. The first-order valence-electron chi connectivity index (χ1n) is 11.7. The van der Waals surface area contributed by atoms with Crippen molar-refractivity contribution in [3.05, 3.63) is 99.5 Å². The minimum Gasteiger partial charge on any atom is -0.352 e. The van der Waals surface area contributed by atoms with Gasteiger partial charge in [-0.2, -0.15) is 0 Å². The smallest absolute Gasteiger partial charge is 0.240 e. The number of benzene rings is 3. The van der Waals surface area contributed by atoms with Crippen molar-refractivity contribution in [1.29, 1.82) is 0 Å². The Hall–Kier alpha value is -3.51. The molecule has 2 amide bonds. The molecule has 5 nitrogen and oxygen atoms in total. The van der Waals surface area contributed by atoms with Gasteiger partial charge in [-0.25, -0.2) is 4.90 Å². The first-order chi connectivity index (χ1) is 16.9. The van der Waals surface area contributed by atoms with Gasteiger partial charge in [0.15, 0.2) is 5.78 Å². The van der Waals surface area contributed by atoms with E-state index in [4.69, 9.17) is 0 Å². The fourth-order valence-electron chi connectivity index (χ4n) is 5.89. The van der Waals surface area contributed by atoms with Gasteiger partial charge >= 0.3 is 0 Å². The average Bonchev–Trinajstić information content (AvgIpc) is 3.32. The molecule has 6 rings (SSSR count). The fraction of sp³-hybridized carbons (Fsp3) is 0.207. The molecule has 0 bridgehead atoms. The number of fused-ring (bicyclic) bond motifs is 5. The molecule has 2 saturated heterocycles. The quantitative estimate of drug-likeness (QED) is 0.341. The first-order valence-corrected chi connectivity index (χ1v) is 12.5. The lowest BCUT2D eigenvalue weighted by molar-refractivity contribution is -0.122. The summed E-state index contributed by atoms with van der Waals surface area (Å²) < 4.78 is 0.871. The second-order valence-corrected chi connectivity index (χ2v) is 10.4. The Morgan fingerprint density at radius 1 is 0.857 bits per heavy atom. The summed E-state index contributed by atoms with van der Waals surface area (Å²) in [5.41, 5.74) is 4.90. The van der Waals surface area contributed by atoms with Gasteiger partial charge in [0.25, 0.3) is 0 Å². The Labute approximate surface area is 212 Å². The Morgan fingerprint density at radius 3 is 2.31 bits per heavy atom. The van der Waals surface area contributed by atoms with Gasteiger partial charge in [0.1, 0.15) is 6.04 Å². The molecule has 3 aliphatic heterocycles. The number of para-hydroxylation sites is 1. The minimum atomic E-state index is -0.774. The van der Waals surface area contributed by atoms with Crippen molar-refractivity contribution >= 4 is 51.0 Å². The molecular formula is C29H23BrN2O3. The van der Waals surface area contributed by atoms with Crippen LogP contribution in [-0.2, 0) is 9.59 Å². The summed E-state index contributed by atoms with van der Waals surface area (Å²) in [5.74, 6) is -2.08. The van der Waals surface area contributed by atoms with Crippen molar-refractivity contribution in [3.8, 4) is 0 Å². The molecule has 3 aromatic rings. The van der Waals surface area contributed by atoms with Crippen molar-refractivity contribution in [3.63, 3.8) is 0 Å². The van der Waals surface area contributed by atoms with Crippen LogP contribution in [0.3, 0.4) is 0 Å². The number of aryl methyl sites for hydroxylation is 2. The normalized spacial score (nSPS) is 24.4. The second-order valence-electron chi connectivity index (χ2n) is 9.49. The first kappa shape index (κ1) is 22.0. The van der Waals surface area contributed by atoms with E-state index >= 15 is 0 Å². The molecule has 3 aromatic carbocycles. The van der Waals surface area contributed by atoms with Crippen LogP contribution in [0, 0.1) is 25.7 Å². The zero-order valence-electron chi connectivity index (χ0n) is 19.3. The molecule has 0 N–H and O–H groups in total. The summed E-state index contributed by atoms with van der Waals surface area (Å²) in [7, 11) is 0. The maximum atomic E-state index is 14.0. The van der Waals surface area contributed by atoms with Crippen molar-refractivity contribution in [1.82, 2.24) is 0 Å². The van der Waals surface area contributed by atoms with E-state index < -0.39 is 17.9 Å². The van der Waals surface area contributed by atoms with Crippen LogP contribution in [0.5, 0.6) is 0 Å². The van der Waals surface area contributed by atoms with E-state index in [1.54, 1.807) is 12.1 Å². The number of halogens is 1. The predicted octanol–water partition coefficient (Wildman–Crippen LogP) is 5.34. The van der Waals surface area contributed by atoms with E-state index in [2.05, 4.69) is 15.9 Å². The van der Waals surface area contributed by atoms with Gasteiger partial charge in [0, 0.05) is 15.7 Å².